The number of rotatable bonds is 5. The first-order valence-electron chi connectivity index (χ1n) is 11.5. The molecule has 178 valence electrons. The number of nitrogens with zero attached hydrogens (tertiary/aromatic N) is 2. The van der Waals surface area contributed by atoms with Gasteiger partial charge in [-0.3, -0.25) is 4.79 Å². The Labute approximate surface area is 199 Å². The number of H-pyrrole nitrogens is 1. The Bertz CT molecular complexity index is 1010. The molecule has 1 unspecified atom stereocenters. The summed E-state index contributed by atoms with van der Waals surface area (Å²) >= 11 is 1.62. The van der Waals surface area contributed by atoms with Crippen LogP contribution in [0.4, 0.5) is 4.39 Å². The van der Waals surface area contributed by atoms with E-state index in [0.29, 0.717) is 5.70 Å². The molecule has 0 spiro atoms. The van der Waals surface area contributed by atoms with Crippen molar-refractivity contribution in [3.63, 3.8) is 0 Å². The molecular weight excluding hydrogens is 437 g/mol. The summed E-state index contributed by atoms with van der Waals surface area (Å²) < 4.78 is 13.7. The lowest BCUT2D eigenvalue weighted by Gasteiger charge is -2.50. The number of carbonyl (C=O) groups is 1. The predicted octanol–water partition coefficient (Wildman–Crippen LogP) is 4.80. The number of aromatic amines is 1. The van der Waals surface area contributed by atoms with E-state index in [-0.39, 0.29) is 40.3 Å². The number of aromatic nitrogens is 2. The monoisotopic (exact) mass is 471 g/mol. The first kappa shape index (κ1) is 23.8. The van der Waals surface area contributed by atoms with E-state index >= 15 is 0 Å². The van der Waals surface area contributed by atoms with Crippen LogP contribution in [-0.2, 0) is 4.79 Å². The quantitative estimate of drug-likeness (QED) is 0.584. The summed E-state index contributed by atoms with van der Waals surface area (Å²) in [6, 6.07) is 6.53. The third kappa shape index (κ3) is 5.11. The molecule has 0 aliphatic carbocycles. The number of hydrogen-bond acceptors (Lipinski definition) is 5. The molecule has 3 N–H and O–H groups in total. The van der Waals surface area contributed by atoms with Gasteiger partial charge < -0.3 is 20.5 Å². The van der Waals surface area contributed by atoms with Gasteiger partial charge in [0, 0.05) is 28.1 Å². The van der Waals surface area contributed by atoms with Gasteiger partial charge in [0.2, 0.25) is 0 Å². The molecule has 0 radical (unpaired) electrons. The number of hydrogen-bond donors (Lipinski definition) is 3. The number of thioether (sulfide) groups is 1. The van der Waals surface area contributed by atoms with E-state index in [1.807, 2.05) is 20.0 Å². The topological polar surface area (TPSA) is 73.0 Å². The highest BCUT2D eigenvalue weighted by Crippen LogP contribution is 2.54. The molecule has 1 atom stereocenters. The second-order valence-corrected chi connectivity index (χ2v) is 11.7. The van der Waals surface area contributed by atoms with Crippen molar-refractivity contribution in [3.05, 3.63) is 59.6 Å². The van der Waals surface area contributed by atoms with Crippen molar-refractivity contribution in [2.24, 2.45) is 0 Å². The van der Waals surface area contributed by atoms with Gasteiger partial charge in [-0.25, -0.2) is 9.37 Å². The van der Waals surface area contributed by atoms with Crippen molar-refractivity contribution in [2.45, 2.75) is 82.9 Å². The third-order valence-electron chi connectivity index (χ3n) is 6.04. The van der Waals surface area contributed by atoms with Crippen LogP contribution < -0.4 is 10.6 Å². The van der Waals surface area contributed by atoms with Gasteiger partial charge in [0.05, 0.1) is 18.2 Å². The van der Waals surface area contributed by atoms with Crippen LogP contribution in [0.1, 0.15) is 71.0 Å². The van der Waals surface area contributed by atoms with Crippen molar-refractivity contribution < 1.29 is 9.18 Å². The highest BCUT2D eigenvalue weighted by molar-refractivity contribution is 8.08. The molecule has 0 bridgehead atoms. The molecule has 1 aromatic carbocycles. The van der Waals surface area contributed by atoms with Crippen LogP contribution >= 0.6 is 11.8 Å². The molecule has 0 saturated carbocycles. The molecule has 2 aliphatic heterocycles. The van der Waals surface area contributed by atoms with Crippen LogP contribution in [0.2, 0.25) is 0 Å². The Morgan fingerprint density at radius 1 is 1.18 bits per heavy atom. The Kier molecular flexibility index (Phi) is 6.35. The second kappa shape index (κ2) is 8.80. The van der Waals surface area contributed by atoms with Crippen LogP contribution in [0.3, 0.4) is 0 Å². The van der Waals surface area contributed by atoms with Crippen LogP contribution in [-0.4, -0.2) is 43.9 Å². The van der Waals surface area contributed by atoms with Gasteiger partial charge >= 0.3 is 0 Å². The lowest BCUT2D eigenvalue weighted by Crippen LogP contribution is -2.62. The summed E-state index contributed by atoms with van der Waals surface area (Å²) in [7, 11) is 0. The molecule has 6 nitrogen and oxygen atoms in total. The van der Waals surface area contributed by atoms with E-state index in [2.05, 4.69) is 53.2 Å². The van der Waals surface area contributed by atoms with Gasteiger partial charge in [-0.1, -0.05) is 23.9 Å². The van der Waals surface area contributed by atoms with E-state index in [1.54, 1.807) is 30.2 Å². The van der Waals surface area contributed by atoms with Crippen LogP contribution in [0, 0.1) is 5.82 Å². The van der Waals surface area contributed by atoms with Crippen molar-refractivity contribution >= 4 is 22.6 Å². The zero-order chi connectivity index (χ0) is 24.0. The van der Waals surface area contributed by atoms with E-state index < -0.39 is 0 Å². The highest BCUT2D eigenvalue weighted by Gasteiger charge is 2.47. The smallest absolute Gasteiger partial charge is 0.269 e. The summed E-state index contributed by atoms with van der Waals surface area (Å²) in [4.78, 5) is 24.3. The average Bonchev–Trinajstić information content (AvgIpc) is 3.33. The van der Waals surface area contributed by atoms with Crippen molar-refractivity contribution in [2.75, 3.05) is 0 Å². The van der Waals surface area contributed by atoms with Gasteiger partial charge in [0.25, 0.3) is 5.91 Å². The molecule has 1 saturated heterocycles. The zero-order valence-electron chi connectivity index (χ0n) is 20.2. The minimum absolute atomic E-state index is 0.00146. The first-order valence-corrected chi connectivity index (χ1v) is 12.4. The second-order valence-electron chi connectivity index (χ2n) is 10.7. The lowest BCUT2D eigenvalue weighted by atomic mass is 9.78. The number of piperidine rings is 1. The van der Waals surface area contributed by atoms with Gasteiger partial charge in [0.15, 0.2) is 0 Å². The normalized spacial score (nSPS) is 22.8. The minimum Gasteiger partial charge on any atom is -0.349 e. The Morgan fingerprint density at radius 3 is 2.36 bits per heavy atom. The summed E-state index contributed by atoms with van der Waals surface area (Å²) in [5.74, 6) is -0.396. The summed E-state index contributed by atoms with van der Waals surface area (Å²) in [6.45, 7) is 12.8. The van der Waals surface area contributed by atoms with Crippen LogP contribution in [0.5, 0.6) is 0 Å². The highest BCUT2D eigenvalue weighted by atomic mass is 32.2. The van der Waals surface area contributed by atoms with Gasteiger partial charge in [-0.2, -0.15) is 0 Å². The Balaban J connectivity index is 1.86. The van der Waals surface area contributed by atoms with Crippen molar-refractivity contribution in [1.82, 2.24) is 25.5 Å². The van der Waals surface area contributed by atoms with Gasteiger partial charge in [0.1, 0.15) is 16.9 Å². The summed E-state index contributed by atoms with van der Waals surface area (Å²) in [5, 5.41) is 6.72. The summed E-state index contributed by atoms with van der Waals surface area (Å²) in [5.41, 5.74) is 2.26. The molecule has 33 heavy (non-hydrogen) atoms. The molecular formula is C25H34FN5OS. The minimum atomic E-state index is -0.292. The maximum absolute atomic E-state index is 13.7. The SMILES string of the molecule is CC(C)NC(=O)C1=C(c2ccc(F)cc2)SC(c2cnc[nH]2)N1C1CC(C)(C)NC(C)(C)C1. The molecule has 1 aromatic heterocycles. The fourth-order valence-electron chi connectivity index (χ4n) is 5.27. The predicted molar refractivity (Wildman–Crippen MR) is 132 cm³/mol. The molecule has 2 aromatic rings. The molecule has 1 fully saturated rings. The average molecular weight is 472 g/mol. The molecule has 1 amide bonds. The van der Waals surface area contributed by atoms with E-state index in [4.69, 9.17) is 0 Å². The van der Waals surface area contributed by atoms with E-state index in [1.165, 1.54) is 12.1 Å². The first-order chi connectivity index (χ1) is 15.5. The van der Waals surface area contributed by atoms with Gasteiger partial charge in [-0.05, 0) is 72.1 Å². The number of amides is 1. The summed E-state index contributed by atoms with van der Waals surface area (Å²) in [6.07, 6.45) is 5.27. The number of halogens is 1. The largest absolute Gasteiger partial charge is 0.349 e. The molecule has 4 rings (SSSR count). The number of carbonyl (C=O) groups excluding carboxylic acids is 1. The Morgan fingerprint density at radius 2 is 1.82 bits per heavy atom. The number of nitrogens with one attached hydrogen (secondary N) is 3. The third-order valence-corrected chi connectivity index (χ3v) is 7.41. The standard InChI is InChI=1S/C25H34FN5OS/c1-15(2)29-22(32)20-21(16-7-9-17(26)10-8-16)33-23(19-13-27-14-28-19)31(20)18-11-24(3,4)30-25(5,6)12-18/h7-10,13-15,18,23,30H,11-12H2,1-6H3,(H,27,28)(H,29,32). The number of benzene rings is 1. The van der Waals surface area contributed by atoms with Crippen molar-refractivity contribution in [3.8, 4) is 0 Å². The van der Waals surface area contributed by atoms with Gasteiger partial charge in [-0.15, -0.1) is 0 Å². The molecule has 8 heteroatoms. The number of imidazole rings is 1. The van der Waals surface area contributed by atoms with Crippen LogP contribution in [0.25, 0.3) is 4.91 Å². The maximum atomic E-state index is 13.7. The van der Waals surface area contributed by atoms with Crippen molar-refractivity contribution in [1.29, 1.82) is 0 Å². The zero-order valence-corrected chi connectivity index (χ0v) is 21.0. The molecule has 2 aliphatic rings. The lowest BCUT2D eigenvalue weighted by molar-refractivity contribution is -0.120. The Hall–Kier alpha value is -2.32. The fraction of sp³-hybridized carbons (Fsp3) is 0.520. The van der Waals surface area contributed by atoms with E-state index in [0.717, 1.165) is 29.0 Å². The van der Waals surface area contributed by atoms with Crippen LogP contribution in [0.15, 0.2) is 42.5 Å². The molecule has 3 heterocycles. The maximum Gasteiger partial charge on any atom is 0.269 e. The van der Waals surface area contributed by atoms with E-state index in [9.17, 15) is 9.18 Å². The fourth-order valence-corrected chi connectivity index (χ4v) is 6.72.